The van der Waals surface area contributed by atoms with Gasteiger partial charge in [0.15, 0.2) is 5.78 Å². The van der Waals surface area contributed by atoms with Gasteiger partial charge in [-0.1, -0.05) is 12.1 Å². The highest BCUT2D eigenvalue weighted by atomic mass is 19.1. The van der Waals surface area contributed by atoms with E-state index < -0.39 is 0 Å². The van der Waals surface area contributed by atoms with Crippen LogP contribution in [-0.4, -0.2) is 31.3 Å². The molecule has 0 bridgehead atoms. The minimum absolute atomic E-state index is 0.00173. The van der Waals surface area contributed by atoms with Crippen molar-refractivity contribution in [2.45, 2.75) is 13.0 Å². The van der Waals surface area contributed by atoms with Gasteiger partial charge in [-0.3, -0.25) is 4.79 Å². The highest BCUT2D eigenvalue weighted by Gasteiger charge is 2.15. The molecule has 0 aliphatic rings. The summed E-state index contributed by atoms with van der Waals surface area (Å²) in [5.41, 5.74) is 2.63. The predicted molar refractivity (Wildman–Crippen MR) is 92.5 cm³/mol. The molecule has 5 heteroatoms. The van der Waals surface area contributed by atoms with Crippen molar-refractivity contribution in [1.82, 2.24) is 4.90 Å². The molecule has 124 valence electrons. The number of halogens is 1. The van der Waals surface area contributed by atoms with Gasteiger partial charge in [0.1, 0.15) is 11.9 Å². The van der Waals surface area contributed by atoms with Crippen molar-refractivity contribution in [2.24, 2.45) is 0 Å². The van der Waals surface area contributed by atoms with Gasteiger partial charge in [-0.2, -0.15) is 5.26 Å². The fourth-order valence-electron chi connectivity index (χ4n) is 2.50. The van der Waals surface area contributed by atoms with Crippen LogP contribution in [0.4, 0.5) is 10.1 Å². The van der Waals surface area contributed by atoms with E-state index in [2.05, 4.69) is 11.4 Å². The smallest absolute Gasteiger partial charge is 0.159 e. The van der Waals surface area contributed by atoms with Crippen LogP contribution in [0.1, 0.15) is 34.5 Å². The van der Waals surface area contributed by atoms with Gasteiger partial charge in [0.2, 0.25) is 0 Å². The zero-order chi connectivity index (χ0) is 17.7. The second-order valence-electron chi connectivity index (χ2n) is 5.84. The zero-order valence-electron chi connectivity index (χ0n) is 14.0. The van der Waals surface area contributed by atoms with E-state index in [1.165, 1.54) is 19.1 Å². The molecule has 4 nitrogen and oxygen atoms in total. The van der Waals surface area contributed by atoms with E-state index in [9.17, 15) is 14.4 Å². The number of ketones is 1. The van der Waals surface area contributed by atoms with Gasteiger partial charge < -0.3 is 10.2 Å². The number of carbonyl (C=O) groups excluding carboxylic acids is 1. The molecule has 2 rings (SSSR count). The summed E-state index contributed by atoms with van der Waals surface area (Å²) in [6, 6.07) is 13.5. The SMILES string of the molecule is CC(=O)c1ccc(C#N)c(NCC(c2ccc(F)cc2)N(C)C)c1. The Bertz CT molecular complexity index is 763. The number of nitrogens with one attached hydrogen (secondary N) is 1. The summed E-state index contributed by atoms with van der Waals surface area (Å²) in [7, 11) is 3.87. The molecule has 0 saturated carbocycles. The van der Waals surface area contributed by atoms with Crippen molar-refractivity contribution in [1.29, 1.82) is 5.26 Å². The van der Waals surface area contributed by atoms with E-state index >= 15 is 0 Å². The van der Waals surface area contributed by atoms with E-state index in [4.69, 9.17) is 0 Å². The Morgan fingerprint density at radius 2 is 1.92 bits per heavy atom. The maximum atomic E-state index is 13.1. The Labute approximate surface area is 141 Å². The lowest BCUT2D eigenvalue weighted by atomic mass is 10.0. The highest BCUT2D eigenvalue weighted by molar-refractivity contribution is 5.95. The average Bonchev–Trinajstić information content (AvgIpc) is 2.56. The molecule has 0 radical (unpaired) electrons. The number of benzene rings is 2. The average molecular weight is 325 g/mol. The van der Waals surface area contributed by atoms with Crippen LogP contribution in [0.15, 0.2) is 42.5 Å². The van der Waals surface area contributed by atoms with Gasteiger partial charge in [-0.15, -0.1) is 0 Å². The van der Waals surface area contributed by atoms with Crippen molar-refractivity contribution >= 4 is 11.5 Å². The molecule has 0 aliphatic heterocycles. The lowest BCUT2D eigenvalue weighted by Gasteiger charge is -2.26. The van der Waals surface area contributed by atoms with Crippen molar-refractivity contribution in [3.63, 3.8) is 0 Å². The van der Waals surface area contributed by atoms with Gasteiger partial charge in [-0.05, 0) is 56.9 Å². The number of Topliss-reactive ketones (excluding diaryl/α,β-unsaturated/α-hetero) is 1. The molecule has 0 aromatic heterocycles. The summed E-state index contributed by atoms with van der Waals surface area (Å²) in [6.07, 6.45) is 0. The van der Waals surface area contributed by atoms with Crippen LogP contribution in [0.25, 0.3) is 0 Å². The predicted octanol–water partition coefficient (Wildman–Crippen LogP) is 3.61. The molecule has 2 aromatic rings. The summed E-state index contributed by atoms with van der Waals surface area (Å²) in [5.74, 6) is -0.324. The molecule has 1 unspecified atom stereocenters. The normalized spacial score (nSPS) is 11.8. The lowest BCUT2D eigenvalue weighted by molar-refractivity contribution is 0.101. The van der Waals surface area contributed by atoms with Crippen molar-refractivity contribution in [3.05, 3.63) is 65.0 Å². The van der Waals surface area contributed by atoms with Gasteiger partial charge in [0, 0.05) is 12.1 Å². The van der Waals surface area contributed by atoms with Crippen LogP contribution in [0.5, 0.6) is 0 Å². The Morgan fingerprint density at radius 1 is 1.25 bits per heavy atom. The summed E-state index contributed by atoms with van der Waals surface area (Å²) in [4.78, 5) is 13.6. The first kappa shape index (κ1) is 17.6. The van der Waals surface area contributed by atoms with E-state index in [-0.39, 0.29) is 17.6 Å². The Kier molecular flexibility index (Phi) is 5.67. The highest BCUT2D eigenvalue weighted by Crippen LogP contribution is 2.22. The van der Waals surface area contributed by atoms with E-state index in [1.54, 1.807) is 30.3 Å². The number of rotatable bonds is 6. The Balaban J connectivity index is 2.23. The molecule has 1 atom stereocenters. The Hall–Kier alpha value is -2.71. The standard InChI is InChI=1S/C19H20FN3O/c1-13(24)15-4-5-16(11-21)18(10-15)22-12-19(23(2)3)14-6-8-17(20)9-7-14/h4-10,19,22H,12H2,1-3H3. The van der Waals surface area contributed by atoms with Crippen LogP contribution in [-0.2, 0) is 0 Å². The fraction of sp³-hybridized carbons (Fsp3) is 0.263. The number of likely N-dealkylation sites (N-methyl/N-ethyl adjacent to an activating group) is 1. The molecular weight excluding hydrogens is 305 g/mol. The van der Waals surface area contributed by atoms with Crippen molar-refractivity contribution in [3.8, 4) is 6.07 Å². The molecule has 0 spiro atoms. The van der Waals surface area contributed by atoms with Crippen LogP contribution in [0, 0.1) is 17.1 Å². The monoisotopic (exact) mass is 325 g/mol. The first-order chi connectivity index (χ1) is 11.4. The first-order valence-electron chi connectivity index (χ1n) is 7.63. The summed E-state index contributed by atoms with van der Waals surface area (Å²) in [6.45, 7) is 2.01. The molecule has 1 N–H and O–H groups in total. The van der Waals surface area contributed by atoms with E-state index in [1.807, 2.05) is 19.0 Å². The Morgan fingerprint density at radius 3 is 2.46 bits per heavy atom. The van der Waals surface area contributed by atoms with Crippen LogP contribution in [0.2, 0.25) is 0 Å². The molecule has 0 fully saturated rings. The number of anilines is 1. The summed E-state index contributed by atoms with van der Waals surface area (Å²) in [5, 5.41) is 12.5. The number of carbonyl (C=O) groups is 1. The fourth-order valence-corrected chi connectivity index (χ4v) is 2.50. The van der Waals surface area contributed by atoms with Gasteiger partial charge >= 0.3 is 0 Å². The molecule has 0 amide bonds. The van der Waals surface area contributed by atoms with Crippen LogP contribution >= 0.6 is 0 Å². The third-order valence-corrected chi connectivity index (χ3v) is 3.91. The van der Waals surface area contributed by atoms with Crippen LogP contribution < -0.4 is 5.32 Å². The second-order valence-corrected chi connectivity index (χ2v) is 5.84. The molecule has 0 aliphatic carbocycles. The number of nitriles is 1. The van der Waals surface area contributed by atoms with E-state index in [0.717, 1.165) is 5.56 Å². The quantitative estimate of drug-likeness (QED) is 0.824. The summed E-state index contributed by atoms with van der Waals surface area (Å²) >= 11 is 0. The first-order valence-corrected chi connectivity index (χ1v) is 7.63. The second kappa shape index (κ2) is 7.71. The van der Waals surface area contributed by atoms with Gasteiger partial charge in [0.05, 0.1) is 17.3 Å². The maximum absolute atomic E-state index is 13.1. The summed E-state index contributed by atoms with van der Waals surface area (Å²) < 4.78 is 13.1. The maximum Gasteiger partial charge on any atom is 0.159 e. The minimum atomic E-state index is -0.273. The van der Waals surface area contributed by atoms with Gasteiger partial charge in [0.25, 0.3) is 0 Å². The molecule has 2 aromatic carbocycles. The number of hydrogen-bond donors (Lipinski definition) is 1. The topological polar surface area (TPSA) is 56.1 Å². The number of hydrogen-bond acceptors (Lipinski definition) is 4. The molecule has 24 heavy (non-hydrogen) atoms. The van der Waals surface area contributed by atoms with Gasteiger partial charge in [-0.25, -0.2) is 4.39 Å². The molecule has 0 saturated heterocycles. The lowest BCUT2D eigenvalue weighted by Crippen LogP contribution is -2.27. The third kappa shape index (κ3) is 4.18. The van der Waals surface area contributed by atoms with E-state index in [0.29, 0.717) is 23.4 Å². The van der Waals surface area contributed by atoms with Crippen LogP contribution in [0.3, 0.4) is 0 Å². The number of nitrogens with zero attached hydrogens (tertiary/aromatic N) is 2. The third-order valence-electron chi connectivity index (χ3n) is 3.91. The van der Waals surface area contributed by atoms with Crippen molar-refractivity contribution in [2.75, 3.05) is 26.0 Å². The molecular formula is C19H20FN3O. The van der Waals surface area contributed by atoms with Crippen molar-refractivity contribution < 1.29 is 9.18 Å². The largest absolute Gasteiger partial charge is 0.382 e. The minimum Gasteiger partial charge on any atom is -0.382 e. The molecule has 0 heterocycles. The zero-order valence-corrected chi connectivity index (χ0v) is 14.0.